The van der Waals surface area contributed by atoms with Gasteiger partial charge < -0.3 is 9.47 Å². The minimum atomic E-state index is -0.447. The van der Waals surface area contributed by atoms with Crippen molar-refractivity contribution in [2.75, 3.05) is 13.2 Å². The van der Waals surface area contributed by atoms with Gasteiger partial charge in [-0.15, -0.1) is 0 Å². The van der Waals surface area contributed by atoms with E-state index in [2.05, 4.69) is 0 Å². The van der Waals surface area contributed by atoms with Gasteiger partial charge in [0.05, 0.1) is 60.1 Å². The predicted molar refractivity (Wildman–Crippen MR) is 84.4 cm³/mol. The van der Waals surface area contributed by atoms with E-state index in [1.807, 2.05) is 0 Å². The molecule has 2 aliphatic heterocycles. The minimum Gasteiger partial charge on any atom is -0.371 e. The Labute approximate surface area is 133 Å². The standard InChI is InChI=1S/C16H12N2O6/c19-13-9-1-10-12(16(22)18(14(10)20)4-8-6-24-8)2-11(9)15(21)17(13)3-7-5-23-7/h1-2,7-8H,3-6H2/t7-,8+. The molecule has 0 bridgehead atoms. The molecule has 4 heterocycles. The number of benzene rings is 1. The molecule has 8 nitrogen and oxygen atoms in total. The van der Waals surface area contributed by atoms with Crippen LogP contribution in [0.2, 0.25) is 0 Å². The predicted octanol–water partition coefficient (Wildman–Crippen LogP) is -1.29. The average Bonchev–Trinajstić information content (AvgIpc) is 3.48. The second-order valence-corrected chi connectivity index (χ2v) is 6.30. The maximum Gasteiger partial charge on any atom is 0.261 e. The lowest BCUT2D eigenvalue weighted by atomic mass is 10.1. The quantitative estimate of drug-likeness (QED) is 0.552. The Balaban J connectivity index is 1.79. The number of ether oxygens (including phenoxy) is 2. The second kappa shape index (κ2) is 4.49. The summed E-state index contributed by atoms with van der Waals surface area (Å²) in [7, 11) is 0. The second-order valence-electron chi connectivity index (χ2n) is 6.30. The third-order valence-corrected chi connectivity index (χ3v) is 4.64. The Morgan fingerprint density at radius 2 is 1.00 bits per heavy atom. The molecule has 2 fully saturated rings. The topological polar surface area (TPSA) is 103 Å². The molecule has 3 aromatic rings. The van der Waals surface area contributed by atoms with Crippen molar-refractivity contribution in [3.05, 3.63) is 53.5 Å². The summed E-state index contributed by atoms with van der Waals surface area (Å²) in [6, 6.07) is 2.74. The molecule has 5 rings (SSSR count). The largest absolute Gasteiger partial charge is 0.371 e. The lowest BCUT2D eigenvalue weighted by molar-refractivity contribution is 0.379. The maximum atomic E-state index is 12.4. The molecule has 2 aliphatic rings. The monoisotopic (exact) mass is 328 g/mol. The molecule has 0 aliphatic carbocycles. The van der Waals surface area contributed by atoms with Gasteiger partial charge in [0.1, 0.15) is 0 Å². The molecule has 24 heavy (non-hydrogen) atoms. The maximum absolute atomic E-state index is 12.4. The van der Waals surface area contributed by atoms with Gasteiger partial charge >= 0.3 is 0 Å². The molecule has 2 atom stereocenters. The highest BCUT2D eigenvalue weighted by Gasteiger charge is 2.28. The summed E-state index contributed by atoms with van der Waals surface area (Å²) in [6.45, 7) is 1.45. The highest BCUT2D eigenvalue weighted by Crippen LogP contribution is 2.17. The van der Waals surface area contributed by atoms with Gasteiger partial charge in [0.15, 0.2) is 0 Å². The van der Waals surface area contributed by atoms with Crippen molar-refractivity contribution >= 4 is 21.5 Å². The van der Waals surface area contributed by atoms with Crippen molar-refractivity contribution in [1.29, 1.82) is 0 Å². The lowest BCUT2D eigenvalue weighted by Crippen LogP contribution is -2.28. The summed E-state index contributed by atoms with van der Waals surface area (Å²) in [4.78, 5) is 49.8. The number of hydrogen-bond donors (Lipinski definition) is 0. The van der Waals surface area contributed by atoms with E-state index in [0.29, 0.717) is 13.2 Å². The van der Waals surface area contributed by atoms with E-state index in [9.17, 15) is 19.2 Å². The normalized spacial score (nSPS) is 22.5. The van der Waals surface area contributed by atoms with Crippen LogP contribution in [-0.4, -0.2) is 34.6 Å². The van der Waals surface area contributed by atoms with E-state index in [-0.39, 0.29) is 46.8 Å². The zero-order chi connectivity index (χ0) is 16.6. The molecule has 8 heteroatoms. The number of nitrogens with zero attached hydrogens (tertiary/aromatic N) is 2. The summed E-state index contributed by atoms with van der Waals surface area (Å²) in [5.74, 6) is 0. The van der Waals surface area contributed by atoms with E-state index in [1.54, 1.807) is 0 Å². The first-order valence-electron chi connectivity index (χ1n) is 7.68. The fraction of sp³-hybridized carbons (Fsp3) is 0.375. The number of hydrogen-bond acceptors (Lipinski definition) is 6. The highest BCUT2D eigenvalue weighted by molar-refractivity contribution is 5.97. The molecule has 0 N–H and O–H groups in total. The van der Waals surface area contributed by atoms with Crippen LogP contribution in [0.3, 0.4) is 0 Å². The van der Waals surface area contributed by atoms with Crippen LogP contribution in [0.5, 0.6) is 0 Å². The summed E-state index contributed by atoms with van der Waals surface area (Å²) < 4.78 is 12.4. The molecule has 2 aromatic heterocycles. The van der Waals surface area contributed by atoms with Gasteiger partial charge in [0, 0.05) is 0 Å². The van der Waals surface area contributed by atoms with Crippen molar-refractivity contribution in [3.63, 3.8) is 0 Å². The molecular weight excluding hydrogens is 316 g/mol. The van der Waals surface area contributed by atoms with E-state index in [0.717, 1.165) is 9.13 Å². The minimum absolute atomic E-state index is 0.114. The van der Waals surface area contributed by atoms with Crippen LogP contribution in [0.1, 0.15) is 0 Å². The molecule has 0 unspecified atom stereocenters. The third-order valence-electron chi connectivity index (χ3n) is 4.64. The Kier molecular flexibility index (Phi) is 2.59. The van der Waals surface area contributed by atoms with Crippen molar-refractivity contribution in [2.24, 2.45) is 0 Å². The highest BCUT2D eigenvalue weighted by atomic mass is 16.6. The van der Waals surface area contributed by atoms with Gasteiger partial charge in [-0.3, -0.25) is 28.3 Å². The molecule has 0 saturated carbocycles. The summed E-state index contributed by atoms with van der Waals surface area (Å²) in [6.07, 6.45) is -0.229. The zero-order valence-electron chi connectivity index (χ0n) is 12.5. The molecule has 2 saturated heterocycles. The Morgan fingerprint density at radius 1 is 0.708 bits per heavy atom. The zero-order valence-corrected chi connectivity index (χ0v) is 12.5. The number of aromatic nitrogens is 2. The van der Waals surface area contributed by atoms with Crippen LogP contribution >= 0.6 is 0 Å². The average molecular weight is 328 g/mol. The first-order chi connectivity index (χ1) is 11.5. The molecular formula is C16H12N2O6. The van der Waals surface area contributed by atoms with Gasteiger partial charge in [-0.05, 0) is 12.1 Å². The van der Waals surface area contributed by atoms with Crippen LogP contribution in [0.4, 0.5) is 0 Å². The van der Waals surface area contributed by atoms with Gasteiger partial charge in [-0.25, -0.2) is 0 Å². The molecule has 0 amide bonds. The van der Waals surface area contributed by atoms with Crippen molar-refractivity contribution in [3.8, 4) is 0 Å². The van der Waals surface area contributed by atoms with Crippen molar-refractivity contribution in [2.45, 2.75) is 25.3 Å². The lowest BCUT2D eigenvalue weighted by Gasteiger charge is -1.93. The molecule has 0 radical (unpaired) electrons. The summed E-state index contributed by atoms with van der Waals surface area (Å²) >= 11 is 0. The van der Waals surface area contributed by atoms with Crippen molar-refractivity contribution in [1.82, 2.24) is 9.13 Å². The Hall–Kier alpha value is -2.58. The Morgan fingerprint density at radius 3 is 1.25 bits per heavy atom. The van der Waals surface area contributed by atoms with E-state index in [4.69, 9.17) is 9.47 Å². The van der Waals surface area contributed by atoms with E-state index in [1.165, 1.54) is 12.1 Å². The molecule has 1 aromatic carbocycles. The van der Waals surface area contributed by atoms with Gasteiger partial charge in [-0.1, -0.05) is 0 Å². The first-order valence-corrected chi connectivity index (χ1v) is 7.68. The van der Waals surface area contributed by atoms with Crippen molar-refractivity contribution < 1.29 is 9.47 Å². The SMILES string of the molecule is O=c1c2cc3c(=O)n(C[C@@H]4CO4)c(=O)c3cc2c(=O)n1C[C@H]1CO1. The fourth-order valence-corrected chi connectivity index (χ4v) is 3.16. The molecule has 122 valence electrons. The number of fused-ring (bicyclic) bond motifs is 2. The van der Waals surface area contributed by atoms with Gasteiger partial charge in [-0.2, -0.15) is 0 Å². The van der Waals surface area contributed by atoms with E-state index >= 15 is 0 Å². The summed E-state index contributed by atoms with van der Waals surface area (Å²) in [5, 5.41) is 0.685. The van der Waals surface area contributed by atoms with Crippen LogP contribution < -0.4 is 22.2 Å². The van der Waals surface area contributed by atoms with Crippen LogP contribution in [0, 0.1) is 0 Å². The van der Waals surface area contributed by atoms with Crippen LogP contribution in [0.15, 0.2) is 31.3 Å². The van der Waals surface area contributed by atoms with E-state index < -0.39 is 22.2 Å². The smallest absolute Gasteiger partial charge is 0.261 e. The van der Waals surface area contributed by atoms with Gasteiger partial charge in [0.2, 0.25) is 0 Å². The first kappa shape index (κ1) is 13.8. The number of rotatable bonds is 4. The third kappa shape index (κ3) is 1.87. The van der Waals surface area contributed by atoms with Crippen LogP contribution in [0.25, 0.3) is 21.5 Å². The molecule has 0 spiro atoms. The van der Waals surface area contributed by atoms with Crippen LogP contribution in [-0.2, 0) is 22.6 Å². The Bertz CT molecular complexity index is 1030. The number of epoxide rings is 2. The van der Waals surface area contributed by atoms with Gasteiger partial charge in [0.25, 0.3) is 22.2 Å². The summed E-state index contributed by atoms with van der Waals surface area (Å²) in [5.41, 5.74) is -1.79. The fourth-order valence-electron chi connectivity index (χ4n) is 3.16.